The monoisotopic (exact) mass is 326 g/mol. The van der Waals surface area contributed by atoms with Crippen molar-refractivity contribution in [2.24, 2.45) is 0 Å². The molecule has 76 valence electrons. The Balaban J connectivity index is 3.27. The van der Waals surface area contributed by atoms with Crippen molar-refractivity contribution in [3.05, 3.63) is 32.5 Å². The van der Waals surface area contributed by atoms with Crippen LogP contribution in [0.1, 0.15) is 11.7 Å². The molecule has 1 aromatic rings. The van der Waals surface area contributed by atoms with Crippen LogP contribution in [-0.4, -0.2) is 16.2 Å². The highest BCUT2D eigenvalue weighted by molar-refractivity contribution is 9.11. The van der Waals surface area contributed by atoms with Gasteiger partial charge in [0.05, 0.1) is 0 Å². The summed E-state index contributed by atoms with van der Waals surface area (Å²) < 4.78 is 13.2. The van der Waals surface area contributed by atoms with E-state index < -0.39 is 17.9 Å². The second kappa shape index (κ2) is 4.37. The molecule has 0 aliphatic rings. The molecule has 1 aromatic carbocycles. The molecule has 0 aliphatic carbocycles. The maximum absolute atomic E-state index is 12.8. The zero-order valence-electron chi connectivity index (χ0n) is 6.67. The van der Waals surface area contributed by atoms with E-state index in [0.717, 1.165) is 12.1 Å². The number of halogens is 3. The van der Waals surface area contributed by atoms with Crippen LogP contribution in [0.4, 0.5) is 4.39 Å². The zero-order valence-corrected chi connectivity index (χ0v) is 9.84. The lowest BCUT2D eigenvalue weighted by Gasteiger charge is -2.10. The molecule has 0 fully saturated rings. The quantitative estimate of drug-likeness (QED) is 0.877. The number of carbonyl (C=O) groups is 1. The highest BCUT2D eigenvalue weighted by Gasteiger charge is 2.22. The number of hydrogen-bond acceptors (Lipinski definition) is 2. The molecule has 0 saturated heterocycles. The fraction of sp³-hybridized carbons (Fsp3) is 0.125. The van der Waals surface area contributed by atoms with Crippen molar-refractivity contribution >= 4 is 37.8 Å². The van der Waals surface area contributed by atoms with Crippen molar-refractivity contribution in [1.29, 1.82) is 0 Å². The predicted molar refractivity (Wildman–Crippen MR) is 54.4 cm³/mol. The molecule has 0 bridgehead atoms. The third kappa shape index (κ3) is 2.31. The van der Waals surface area contributed by atoms with Crippen LogP contribution in [0.25, 0.3) is 0 Å². The van der Waals surface area contributed by atoms with Crippen LogP contribution in [0.3, 0.4) is 0 Å². The molecule has 3 nitrogen and oxygen atoms in total. The summed E-state index contributed by atoms with van der Waals surface area (Å²) in [6.07, 6.45) is -1.68. The van der Waals surface area contributed by atoms with Crippen LogP contribution < -0.4 is 0 Å². The van der Waals surface area contributed by atoms with Gasteiger partial charge in [0.15, 0.2) is 6.10 Å². The summed E-state index contributed by atoms with van der Waals surface area (Å²) in [5.74, 6) is -1.91. The van der Waals surface area contributed by atoms with Crippen molar-refractivity contribution in [2.75, 3.05) is 0 Å². The van der Waals surface area contributed by atoms with E-state index >= 15 is 0 Å². The molecule has 1 rings (SSSR count). The first kappa shape index (κ1) is 11.6. The van der Waals surface area contributed by atoms with Crippen molar-refractivity contribution in [2.45, 2.75) is 6.10 Å². The molecule has 0 amide bonds. The molecule has 1 unspecified atom stereocenters. The van der Waals surface area contributed by atoms with E-state index in [1.54, 1.807) is 0 Å². The molecule has 2 N–H and O–H groups in total. The number of rotatable bonds is 2. The van der Waals surface area contributed by atoms with E-state index in [1.807, 2.05) is 0 Å². The molecule has 0 aliphatic heterocycles. The van der Waals surface area contributed by atoms with Crippen LogP contribution in [0.15, 0.2) is 21.1 Å². The van der Waals surface area contributed by atoms with Gasteiger partial charge in [0.1, 0.15) is 5.82 Å². The highest BCUT2D eigenvalue weighted by Crippen LogP contribution is 2.32. The summed E-state index contributed by atoms with van der Waals surface area (Å²) in [5.41, 5.74) is 0.0962. The van der Waals surface area contributed by atoms with Gasteiger partial charge in [-0.3, -0.25) is 0 Å². The van der Waals surface area contributed by atoms with E-state index in [2.05, 4.69) is 31.9 Å². The molecule has 0 saturated carbocycles. The van der Waals surface area contributed by atoms with Gasteiger partial charge in [-0.1, -0.05) is 31.9 Å². The van der Waals surface area contributed by atoms with Gasteiger partial charge in [-0.15, -0.1) is 0 Å². The summed E-state index contributed by atoms with van der Waals surface area (Å²) in [6, 6.07) is 2.18. The first-order valence-corrected chi connectivity index (χ1v) is 5.07. The Morgan fingerprint density at radius 2 is 1.79 bits per heavy atom. The number of benzene rings is 1. The van der Waals surface area contributed by atoms with Gasteiger partial charge in [-0.05, 0) is 12.1 Å². The molecule has 0 heterocycles. The molecular weight excluding hydrogens is 323 g/mol. The predicted octanol–water partition coefficient (Wildman–Crippen LogP) is 2.47. The zero-order chi connectivity index (χ0) is 10.9. The largest absolute Gasteiger partial charge is 0.479 e. The molecule has 0 spiro atoms. The Bertz CT molecular complexity index is 358. The van der Waals surface area contributed by atoms with Crippen molar-refractivity contribution in [3.63, 3.8) is 0 Å². The maximum atomic E-state index is 12.8. The average Bonchev–Trinajstić information content (AvgIpc) is 2.01. The van der Waals surface area contributed by atoms with Gasteiger partial charge in [-0.25, -0.2) is 9.18 Å². The van der Waals surface area contributed by atoms with E-state index in [-0.39, 0.29) is 14.5 Å². The van der Waals surface area contributed by atoms with E-state index in [1.165, 1.54) is 0 Å². The Morgan fingerprint density at radius 3 is 2.14 bits per heavy atom. The summed E-state index contributed by atoms with van der Waals surface area (Å²) in [5, 5.41) is 17.8. The maximum Gasteiger partial charge on any atom is 0.337 e. The molecule has 0 radical (unpaired) electrons. The summed E-state index contributed by atoms with van der Waals surface area (Å²) in [6.45, 7) is 0. The van der Waals surface area contributed by atoms with Crippen molar-refractivity contribution in [1.82, 2.24) is 0 Å². The second-order valence-electron chi connectivity index (χ2n) is 2.52. The van der Waals surface area contributed by atoms with Crippen LogP contribution in [0, 0.1) is 5.82 Å². The van der Waals surface area contributed by atoms with Gasteiger partial charge < -0.3 is 10.2 Å². The molecular formula is C8H5Br2FO3. The van der Waals surface area contributed by atoms with Gasteiger partial charge in [0.25, 0.3) is 0 Å². The fourth-order valence-corrected chi connectivity index (χ4v) is 2.50. The number of carboxylic acid groups (broad SMARTS) is 1. The minimum absolute atomic E-state index is 0.0962. The van der Waals surface area contributed by atoms with Gasteiger partial charge in [0, 0.05) is 14.5 Å². The highest BCUT2D eigenvalue weighted by atomic mass is 79.9. The van der Waals surface area contributed by atoms with Gasteiger partial charge in [0.2, 0.25) is 0 Å². The van der Waals surface area contributed by atoms with Crippen molar-refractivity contribution < 1.29 is 19.4 Å². The minimum atomic E-state index is -1.68. The van der Waals surface area contributed by atoms with E-state index in [4.69, 9.17) is 5.11 Å². The minimum Gasteiger partial charge on any atom is -0.479 e. The number of aliphatic hydroxyl groups excluding tert-OH is 1. The second-order valence-corrected chi connectivity index (χ2v) is 4.23. The fourth-order valence-electron chi connectivity index (χ4n) is 0.938. The summed E-state index contributed by atoms with van der Waals surface area (Å²) in [4.78, 5) is 10.5. The molecule has 14 heavy (non-hydrogen) atoms. The van der Waals surface area contributed by atoms with Crippen molar-refractivity contribution in [3.8, 4) is 0 Å². The summed E-state index contributed by atoms with van der Waals surface area (Å²) >= 11 is 5.95. The number of carboxylic acids is 1. The molecule has 1 atom stereocenters. The first-order valence-electron chi connectivity index (χ1n) is 3.48. The normalized spacial score (nSPS) is 12.6. The lowest BCUT2D eigenvalue weighted by Crippen LogP contribution is -2.12. The molecule has 0 aromatic heterocycles. The van der Waals surface area contributed by atoms with Crippen LogP contribution in [0.5, 0.6) is 0 Å². The van der Waals surface area contributed by atoms with E-state index in [0.29, 0.717) is 0 Å². The number of hydrogen-bond donors (Lipinski definition) is 2. The Kier molecular flexibility index (Phi) is 3.63. The average molecular weight is 328 g/mol. The lowest BCUT2D eigenvalue weighted by atomic mass is 10.1. The topological polar surface area (TPSA) is 57.5 Å². The van der Waals surface area contributed by atoms with Gasteiger partial charge in [-0.2, -0.15) is 0 Å². The third-order valence-electron chi connectivity index (χ3n) is 1.55. The van der Waals surface area contributed by atoms with Gasteiger partial charge >= 0.3 is 5.97 Å². The Labute approximate surface area is 95.8 Å². The van der Waals surface area contributed by atoms with E-state index in [9.17, 15) is 14.3 Å². The summed E-state index contributed by atoms with van der Waals surface area (Å²) in [7, 11) is 0. The standard InChI is InChI=1S/C8H5Br2FO3/c9-4-1-3(11)2-5(10)6(4)7(12)8(13)14/h1-2,7,12H,(H,13,14). The Hall–Kier alpha value is -0.460. The van der Waals surface area contributed by atoms with Crippen LogP contribution in [-0.2, 0) is 4.79 Å². The Morgan fingerprint density at radius 1 is 1.36 bits per heavy atom. The molecule has 6 heteroatoms. The lowest BCUT2D eigenvalue weighted by molar-refractivity contribution is -0.147. The number of aliphatic hydroxyl groups is 1. The first-order chi connectivity index (χ1) is 6.43. The van der Waals surface area contributed by atoms with Crippen LogP contribution in [0.2, 0.25) is 0 Å². The number of aliphatic carboxylic acids is 1. The third-order valence-corrected chi connectivity index (χ3v) is 2.86. The smallest absolute Gasteiger partial charge is 0.337 e. The SMILES string of the molecule is O=C(O)C(O)c1c(Br)cc(F)cc1Br. The van der Waals surface area contributed by atoms with Crippen LogP contribution >= 0.6 is 31.9 Å².